The number of hydrogen-bond donors (Lipinski definition) is 2. The van der Waals surface area contributed by atoms with Crippen LogP contribution in [0.2, 0.25) is 0 Å². The zero-order chi connectivity index (χ0) is 11.7. The van der Waals surface area contributed by atoms with Crippen LogP contribution in [0.3, 0.4) is 0 Å². The summed E-state index contributed by atoms with van der Waals surface area (Å²) in [6.45, 7) is 1.92. The van der Waals surface area contributed by atoms with Crippen molar-refractivity contribution >= 4 is 5.95 Å². The Hall–Kier alpha value is -1.36. The molecule has 17 heavy (non-hydrogen) atoms. The van der Waals surface area contributed by atoms with E-state index in [1.165, 1.54) is 25.3 Å². The Morgan fingerprint density at radius 2 is 2.18 bits per heavy atom. The summed E-state index contributed by atoms with van der Waals surface area (Å²) < 4.78 is 0. The van der Waals surface area contributed by atoms with Crippen LogP contribution in [0.1, 0.15) is 25.7 Å². The number of aromatic hydroxyl groups is 1. The molecule has 0 radical (unpaired) electrons. The van der Waals surface area contributed by atoms with Crippen LogP contribution in [0.25, 0.3) is 0 Å². The number of anilines is 1. The maximum Gasteiger partial charge on any atom is 0.228 e. The zero-order valence-corrected chi connectivity index (χ0v) is 9.84. The van der Waals surface area contributed by atoms with Gasteiger partial charge in [-0.05, 0) is 25.7 Å². The van der Waals surface area contributed by atoms with E-state index in [0.29, 0.717) is 12.0 Å². The molecule has 5 heteroatoms. The lowest BCUT2D eigenvalue weighted by molar-refractivity contribution is 0.412. The van der Waals surface area contributed by atoms with Gasteiger partial charge in [-0.1, -0.05) is 0 Å². The molecule has 0 bridgehead atoms. The molecule has 2 heterocycles. The minimum Gasteiger partial charge on any atom is -0.493 e. The van der Waals surface area contributed by atoms with Crippen molar-refractivity contribution < 1.29 is 5.11 Å². The summed E-state index contributed by atoms with van der Waals surface area (Å²) in [6.07, 6.45) is 6.63. The van der Waals surface area contributed by atoms with E-state index in [1.807, 2.05) is 0 Å². The van der Waals surface area contributed by atoms with E-state index in [1.54, 1.807) is 6.20 Å². The van der Waals surface area contributed by atoms with Crippen molar-refractivity contribution in [2.24, 2.45) is 0 Å². The molecule has 0 aromatic carbocycles. The van der Waals surface area contributed by atoms with E-state index in [9.17, 15) is 5.11 Å². The molecule has 0 spiro atoms. The first-order chi connectivity index (χ1) is 8.31. The van der Waals surface area contributed by atoms with Gasteiger partial charge in [0, 0.05) is 37.4 Å². The van der Waals surface area contributed by atoms with Crippen molar-refractivity contribution in [2.45, 2.75) is 37.8 Å². The van der Waals surface area contributed by atoms with Gasteiger partial charge >= 0.3 is 0 Å². The maximum atomic E-state index is 9.37. The lowest BCUT2D eigenvalue weighted by Crippen LogP contribution is -2.47. The molecule has 2 fully saturated rings. The van der Waals surface area contributed by atoms with E-state index >= 15 is 0 Å². The number of rotatable bonds is 3. The van der Waals surface area contributed by atoms with Gasteiger partial charge in [0.25, 0.3) is 0 Å². The Bertz CT molecular complexity index is 394. The van der Waals surface area contributed by atoms with Crippen molar-refractivity contribution in [2.75, 3.05) is 18.0 Å². The minimum atomic E-state index is 0.0484. The molecular weight excluding hydrogens is 216 g/mol. The first-order valence-electron chi connectivity index (χ1n) is 6.34. The zero-order valence-electron chi connectivity index (χ0n) is 9.84. The van der Waals surface area contributed by atoms with Crippen LogP contribution in [0.15, 0.2) is 12.3 Å². The lowest BCUT2D eigenvalue weighted by Gasteiger charge is -2.33. The summed E-state index contributed by atoms with van der Waals surface area (Å²) in [5, 5.41) is 13.0. The van der Waals surface area contributed by atoms with Gasteiger partial charge in [0.2, 0.25) is 11.8 Å². The summed E-state index contributed by atoms with van der Waals surface area (Å²) in [6, 6.07) is 2.79. The fourth-order valence-corrected chi connectivity index (χ4v) is 2.37. The second-order valence-corrected chi connectivity index (χ2v) is 4.94. The predicted octanol–water partition coefficient (Wildman–Crippen LogP) is 0.903. The average molecular weight is 234 g/mol. The third kappa shape index (κ3) is 2.66. The highest BCUT2D eigenvalue weighted by molar-refractivity contribution is 5.32. The highest BCUT2D eigenvalue weighted by atomic mass is 16.3. The topological polar surface area (TPSA) is 61.3 Å². The molecule has 1 aromatic heterocycles. The summed E-state index contributed by atoms with van der Waals surface area (Å²) in [7, 11) is 0. The fraction of sp³-hybridized carbons (Fsp3) is 0.667. The molecule has 3 rings (SSSR count). The number of piperidine rings is 1. The van der Waals surface area contributed by atoms with Gasteiger partial charge in [0.15, 0.2) is 0 Å². The molecule has 0 unspecified atom stereocenters. The van der Waals surface area contributed by atoms with E-state index in [4.69, 9.17) is 0 Å². The summed E-state index contributed by atoms with van der Waals surface area (Å²) in [5.41, 5.74) is 0. The van der Waals surface area contributed by atoms with Crippen LogP contribution in [0, 0.1) is 0 Å². The molecule has 5 nitrogen and oxygen atoms in total. The Morgan fingerprint density at radius 1 is 1.29 bits per heavy atom. The largest absolute Gasteiger partial charge is 0.493 e. The van der Waals surface area contributed by atoms with Crippen LogP contribution < -0.4 is 10.2 Å². The number of hydrogen-bond acceptors (Lipinski definition) is 5. The Labute approximate surface area is 101 Å². The monoisotopic (exact) mass is 234 g/mol. The minimum absolute atomic E-state index is 0.0484. The number of nitrogens with one attached hydrogen (secondary N) is 1. The second kappa shape index (κ2) is 4.49. The quantitative estimate of drug-likeness (QED) is 0.813. The standard InChI is InChI=1S/C12H18N4O/c17-11-5-6-13-12(15-11)16-7-1-2-10(8-16)14-9-3-4-9/h5-6,9-10,14H,1-4,7-8H2,(H,13,15,17)/t10-/m1/s1. The van der Waals surface area contributed by atoms with Gasteiger partial charge in [0.1, 0.15) is 0 Å². The van der Waals surface area contributed by atoms with Crippen LogP contribution >= 0.6 is 0 Å². The SMILES string of the molecule is Oc1ccnc(N2CCC[C@@H](NC3CC3)C2)n1. The van der Waals surface area contributed by atoms with E-state index in [2.05, 4.69) is 20.2 Å². The van der Waals surface area contributed by atoms with Crippen LogP contribution in [-0.4, -0.2) is 40.2 Å². The van der Waals surface area contributed by atoms with Crippen LogP contribution in [-0.2, 0) is 0 Å². The third-order valence-corrected chi connectivity index (χ3v) is 3.38. The third-order valence-electron chi connectivity index (χ3n) is 3.38. The van der Waals surface area contributed by atoms with Crippen LogP contribution in [0.5, 0.6) is 5.88 Å². The molecule has 2 aliphatic rings. The smallest absolute Gasteiger partial charge is 0.228 e. The Kier molecular flexibility index (Phi) is 2.84. The Balaban J connectivity index is 1.65. The number of nitrogens with zero attached hydrogens (tertiary/aromatic N) is 3. The molecule has 2 N–H and O–H groups in total. The average Bonchev–Trinajstić information content (AvgIpc) is 3.13. The molecule has 1 saturated heterocycles. The second-order valence-electron chi connectivity index (χ2n) is 4.94. The van der Waals surface area contributed by atoms with Crippen molar-refractivity contribution in [1.29, 1.82) is 0 Å². The summed E-state index contributed by atoms with van der Waals surface area (Å²) >= 11 is 0. The van der Waals surface area contributed by atoms with Crippen LogP contribution in [0.4, 0.5) is 5.95 Å². The molecule has 1 aromatic rings. The lowest BCUT2D eigenvalue weighted by atomic mass is 10.1. The van der Waals surface area contributed by atoms with Crippen molar-refractivity contribution in [3.8, 4) is 5.88 Å². The van der Waals surface area contributed by atoms with Crippen molar-refractivity contribution in [3.63, 3.8) is 0 Å². The van der Waals surface area contributed by atoms with Gasteiger partial charge in [-0.15, -0.1) is 0 Å². The van der Waals surface area contributed by atoms with Gasteiger partial charge in [-0.25, -0.2) is 4.98 Å². The van der Waals surface area contributed by atoms with Crippen molar-refractivity contribution in [3.05, 3.63) is 12.3 Å². The first-order valence-corrected chi connectivity index (χ1v) is 6.34. The van der Waals surface area contributed by atoms with Gasteiger partial charge in [-0.2, -0.15) is 4.98 Å². The van der Waals surface area contributed by atoms with Gasteiger partial charge in [-0.3, -0.25) is 0 Å². The molecule has 1 atom stereocenters. The van der Waals surface area contributed by atoms with E-state index < -0.39 is 0 Å². The van der Waals surface area contributed by atoms with Gasteiger partial charge < -0.3 is 15.3 Å². The van der Waals surface area contributed by atoms with Crippen molar-refractivity contribution in [1.82, 2.24) is 15.3 Å². The molecule has 92 valence electrons. The predicted molar refractivity (Wildman–Crippen MR) is 65.1 cm³/mol. The Morgan fingerprint density at radius 3 is 2.94 bits per heavy atom. The molecule has 1 aliphatic heterocycles. The maximum absolute atomic E-state index is 9.37. The molecular formula is C12H18N4O. The highest BCUT2D eigenvalue weighted by Crippen LogP contribution is 2.23. The van der Waals surface area contributed by atoms with Gasteiger partial charge in [0.05, 0.1) is 0 Å². The number of aromatic nitrogens is 2. The molecule has 0 amide bonds. The van der Waals surface area contributed by atoms with E-state index in [-0.39, 0.29) is 5.88 Å². The highest BCUT2D eigenvalue weighted by Gasteiger charge is 2.28. The fourth-order valence-electron chi connectivity index (χ4n) is 2.37. The molecule has 1 saturated carbocycles. The summed E-state index contributed by atoms with van der Waals surface area (Å²) in [5.74, 6) is 0.694. The normalized spacial score (nSPS) is 24.9. The van der Waals surface area contributed by atoms with E-state index in [0.717, 1.165) is 25.6 Å². The summed E-state index contributed by atoms with van der Waals surface area (Å²) in [4.78, 5) is 10.4. The molecule has 1 aliphatic carbocycles. The first kappa shape index (κ1) is 10.8.